The molecule has 1 saturated heterocycles. The van der Waals surface area contributed by atoms with E-state index in [4.69, 9.17) is 0 Å². The second-order valence-electron chi connectivity index (χ2n) is 8.13. The third-order valence-electron chi connectivity index (χ3n) is 5.92. The van der Waals surface area contributed by atoms with Crippen molar-refractivity contribution in [1.29, 1.82) is 0 Å². The zero-order valence-electron chi connectivity index (χ0n) is 16.9. The summed E-state index contributed by atoms with van der Waals surface area (Å²) in [5, 5.41) is 5.77. The highest BCUT2D eigenvalue weighted by atomic mass is 16.2. The van der Waals surface area contributed by atoms with Gasteiger partial charge in [0.25, 0.3) is 5.91 Å². The third-order valence-corrected chi connectivity index (χ3v) is 5.92. The lowest BCUT2D eigenvalue weighted by Crippen LogP contribution is -2.43. The third kappa shape index (κ3) is 3.09. The Labute approximate surface area is 170 Å². The van der Waals surface area contributed by atoms with Gasteiger partial charge < -0.3 is 10.6 Å². The van der Waals surface area contributed by atoms with Crippen LogP contribution in [0.15, 0.2) is 42.5 Å². The molecule has 29 heavy (non-hydrogen) atoms. The van der Waals surface area contributed by atoms with Gasteiger partial charge in [-0.3, -0.25) is 14.5 Å². The predicted octanol–water partition coefficient (Wildman–Crippen LogP) is 3.45. The Balaban J connectivity index is 1.55. The van der Waals surface area contributed by atoms with E-state index in [9.17, 15) is 14.4 Å². The van der Waals surface area contributed by atoms with E-state index in [0.717, 1.165) is 39.3 Å². The van der Waals surface area contributed by atoms with Gasteiger partial charge in [-0.05, 0) is 47.9 Å². The highest BCUT2D eigenvalue weighted by Gasteiger charge is 2.55. The molecule has 6 heteroatoms. The average Bonchev–Trinajstić information content (AvgIpc) is 3.17. The van der Waals surface area contributed by atoms with Gasteiger partial charge in [0.05, 0.1) is 0 Å². The summed E-state index contributed by atoms with van der Waals surface area (Å²) in [5.41, 5.74) is 3.58. The summed E-state index contributed by atoms with van der Waals surface area (Å²) in [6.07, 6.45) is 1.24. The Morgan fingerprint density at radius 2 is 1.93 bits per heavy atom. The molecule has 1 spiro atoms. The molecule has 4 amide bonds. The van der Waals surface area contributed by atoms with Crippen molar-refractivity contribution in [3.8, 4) is 0 Å². The molecular weight excluding hydrogens is 366 g/mol. The van der Waals surface area contributed by atoms with Crippen molar-refractivity contribution in [2.45, 2.75) is 45.1 Å². The number of para-hydroxylation sites is 1. The summed E-state index contributed by atoms with van der Waals surface area (Å²) in [5.74, 6) is -0.496. The molecule has 1 atom stereocenters. The maximum Gasteiger partial charge on any atom is 0.325 e. The second-order valence-corrected chi connectivity index (χ2v) is 8.13. The number of aryl methyl sites for hydroxylation is 2. The Bertz CT molecular complexity index is 1010. The molecule has 4 rings (SSSR count). The highest BCUT2D eigenvalue weighted by molar-refractivity contribution is 6.11. The summed E-state index contributed by atoms with van der Waals surface area (Å²) < 4.78 is 0. The van der Waals surface area contributed by atoms with Crippen LogP contribution in [0.25, 0.3) is 0 Å². The summed E-state index contributed by atoms with van der Waals surface area (Å²) in [6.45, 7) is 5.74. The number of carbonyl (C=O) groups is 3. The van der Waals surface area contributed by atoms with Crippen molar-refractivity contribution >= 4 is 23.5 Å². The van der Waals surface area contributed by atoms with E-state index < -0.39 is 11.6 Å². The normalized spacial score (nSPS) is 20.3. The molecule has 1 aliphatic carbocycles. The van der Waals surface area contributed by atoms with Crippen LogP contribution in [0.5, 0.6) is 0 Å². The van der Waals surface area contributed by atoms with E-state index in [2.05, 4.69) is 24.5 Å². The standard InChI is InChI=1S/C23H25N3O3/c1-14(2)17-9-6-7-15(3)20(17)24-19(27)13-26-21(28)23(25-22(26)29)12-11-16-8-4-5-10-18(16)23/h4-10,14H,11-13H2,1-3H3,(H,24,27)(H,25,29)/t23-/m1/s1. The lowest BCUT2D eigenvalue weighted by molar-refractivity contribution is -0.134. The van der Waals surface area contributed by atoms with Crippen LogP contribution < -0.4 is 10.6 Å². The number of hydrogen-bond acceptors (Lipinski definition) is 3. The quantitative estimate of drug-likeness (QED) is 0.784. The first-order valence-corrected chi connectivity index (χ1v) is 9.95. The molecule has 0 saturated carbocycles. The predicted molar refractivity (Wildman–Crippen MR) is 111 cm³/mol. The Kier molecular flexibility index (Phi) is 4.65. The summed E-state index contributed by atoms with van der Waals surface area (Å²) in [6, 6.07) is 13.0. The SMILES string of the molecule is Cc1cccc(C(C)C)c1NC(=O)CN1C(=O)N[C@@]2(CCc3ccccc32)C1=O. The second kappa shape index (κ2) is 7.03. The number of nitrogens with one attached hydrogen (secondary N) is 2. The number of amides is 4. The number of anilines is 1. The number of urea groups is 1. The fourth-order valence-electron chi connectivity index (χ4n) is 4.40. The molecule has 2 aliphatic rings. The van der Waals surface area contributed by atoms with Crippen LogP contribution in [-0.4, -0.2) is 29.3 Å². The lowest BCUT2D eigenvalue weighted by atomic mass is 9.92. The van der Waals surface area contributed by atoms with Gasteiger partial charge in [0.1, 0.15) is 12.1 Å². The van der Waals surface area contributed by atoms with Crippen molar-refractivity contribution in [3.63, 3.8) is 0 Å². The molecule has 1 heterocycles. The number of hydrogen-bond donors (Lipinski definition) is 2. The number of carbonyl (C=O) groups excluding carboxylic acids is 3. The van der Waals surface area contributed by atoms with Gasteiger partial charge >= 0.3 is 6.03 Å². The molecule has 1 aliphatic heterocycles. The zero-order chi connectivity index (χ0) is 20.8. The molecule has 0 bridgehead atoms. The van der Waals surface area contributed by atoms with E-state index >= 15 is 0 Å². The lowest BCUT2D eigenvalue weighted by Gasteiger charge is -2.22. The van der Waals surface area contributed by atoms with Crippen molar-refractivity contribution < 1.29 is 14.4 Å². The molecule has 2 aromatic carbocycles. The molecule has 0 unspecified atom stereocenters. The zero-order valence-corrected chi connectivity index (χ0v) is 16.9. The minimum Gasteiger partial charge on any atom is -0.324 e. The fourth-order valence-corrected chi connectivity index (χ4v) is 4.40. The van der Waals surface area contributed by atoms with E-state index in [1.54, 1.807) is 0 Å². The molecular formula is C23H25N3O3. The first-order chi connectivity index (χ1) is 13.8. The first kappa shape index (κ1) is 19.2. The number of fused-ring (bicyclic) bond motifs is 2. The van der Waals surface area contributed by atoms with Gasteiger partial charge in [0, 0.05) is 5.69 Å². The minimum absolute atomic E-state index is 0.236. The summed E-state index contributed by atoms with van der Waals surface area (Å²) in [7, 11) is 0. The van der Waals surface area contributed by atoms with Crippen LogP contribution in [0.1, 0.15) is 48.4 Å². The highest BCUT2D eigenvalue weighted by Crippen LogP contribution is 2.41. The van der Waals surface area contributed by atoms with Gasteiger partial charge in [0.2, 0.25) is 5.91 Å². The Hall–Kier alpha value is -3.15. The maximum absolute atomic E-state index is 13.2. The van der Waals surface area contributed by atoms with Crippen molar-refractivity contribution in [2.24, 2.45) is 0 Å². The smallest absolute Gasteiger partial charge is 0.324 e. The molecule has 0 radical (unpaired) electrons. The molecule has 1 fully saturated rings. The molecule has 150 valence electrons. The van der Waals surface area contributed by atoms with Crippen molar-refractivity contribution in [2.75, 3.05) is 11.9 Å². The maximum atomic E-state index is 13.2. The molecule has 2 aromatic rings. The Morgan fingerprint density at radius 3 is 2.69 bits per heavy atom. The fraction of sp³-hybridized carbons (Fsp3) is 0.348. The van der Waals surface area contributed by atoms with E-state index in [0.29, 0.717) is 6.42 Å². The molecule has 6 nitrogen and oxygen atoms in total. The summed E-state index contributed by atoms with van der Waals surface area (Å²) in [4.78, 5) is 39.6. The van der Waals surface area contributed by atoms with Crippen molar-refractivity contribution in [1.82, 2.24) is 10.2 Å². The van der Waals surface area contributed by atoms with Gasteiger partial charge in [-0.25, -0.2) is 4.79 Å². The van der Waals surface area contributed by atoms with Gasteiger partial charge in [-0.2, -0.15) is 0 Å². The average molecular weight is 391 g/mol. The number of nitrogens with zero attached hydrogens (tertiary/aromatic N) is 1. The van der Waals surface area contributed by atoms with Crippen LogP contribution in [0.2, 0.25) is 0 Å². The van der Waals surface area contributed by atoms with Crippen LogP contribution >= 0.6 is 0 Å². The van der Waals surface area contributed by atoms with Crippen LogP contribution in [0.4, 0.5) is 10.5 Å². The number of imide groups is 1. The van der Waals surface area contributed by atoms with Crippen LogP contribution in [-0.2, 0) is 21.5 Å². The monoisotopic (exact) mass is 391 g/mol. The minimum atomic E-state index is -1.04. The van der Waals surface area contributed by atoms with Gasteiger partial charge in [-0.15, -0.1) is 0 Å². The Morgan fingerprint density at radius 1 is 1.17 bits per heavy atom. The van der Waals surface area contributed by atoms with E-state index in [-0.39, 0.29) is 24.3 Å². The topological polar surface area (TPSA) is 78.5 Å². The molecule has 0 aromatic heterocycles. The number of rotatable bonds is 4. The molecule has 2 N–H and O–H groups in total. The number of benzene rings is 2. The van der Waals surface area contributed by atoms with E-state index in [1.807, 2.05) is 49.4 Å². The van der Waals surface area contributed by atoms with Gasteiger partial charge in [-0.1, -0.05) is 56.3 Å². The largest absolute Gasteiger partial charge is 0.325 e. The van der Waals surface area contributed by atoms with Crippen LogP contribution in [0, 0.1) is 6.92 Å². The summed E-state index contributed by atoms with van der Waals surface area (Å²) >= 11 is 0. The van der Waals surface area contributed by atoms with Gasteiger partial charge in [0.15, 0.2) is 0 Å². The van der Waals surface area contributed by atoms with E-state index in [1.165, 1.54) is 0 Å². The first-order valence-electron chi connectivity index (χ1n) is 9.95. The van der Waals surface area contributed by atoms with Crippen LogP contribution in [0.3, 0.4) is 0 Å². The van der Waals surface area contributed by atoms with Crippen molar-refractivity contribution in [3.05, 3.63) is 64.7 Å².